The number of nitrogens with zero attached hydrogens (tertiary/aromatic N) is 1. The Bertz CT molecular complexity index is 418. The van der Waals surface area contributed by atoms with Crippen LogP contribution in [0.25, 0.3) is 0 Å². The molecule has 1 aromatic rings. The molecule has 0 radical (unpaired) electrons. The molecule has 0 saturated heterocycles. The fraction of sp³-hybridized carbons (Fsp3) is 0.273. The minimum absolute atomic E-state index is 0.256. The second-order valence-corrected chi connectivity index (χ2v) is 3.42. The Balaban J connectivity index is 2.94. The van der Waals surface area contributed by atoms with Gasteiger partial charge in [-0.15, -0.1) is 0 Å². The highest BCUT2D eigenvalue weighted by molar-refractivity contribution is 5.95. The van der Waals surface area contributed by atoms with E-state index in [-0.39, 0.29) is 5.91 Å². The molecule has 1 unspecified atom stereocenters. The van der Waals surface area contributed by atoms with Gasteiger partial charge in [0.05, 0.1) is 17.7 Å². The Morgan fingerprint density at radius 2 is 2.27 bits per heavy atom. The second kappa shape index (κ2) is 4.58. The molecule has 0 fully saturated rings. The average molecular weight is 203 g/mol. The van der Waals surface area contributed by atoms with Crippen LogP contribution in [0.5, 0.6) is 0 Å². The molecule has 0 saturated carbocycles. The van der Waals surface area contributed by atoms with Crippen LogP contribution in [0.1, 0.15) is 18.1 Å². The molecule has 3 N–H and O–H groups in total. The summed E-state index contributed by atoms with van der Waals surface area (Å²) in [5, 5.41) is 11.4. The maximum Gasteiger partial charge on any atom is 0.241 e. The molecule has 78 valence electrons. The van der Waals surface area contributed by atoms with Gasteiger partial charge < -0.3 is 11.1 Å². The lowest BCUT2D eigenvalue weighted by atomic mass is 10.1. The number of nitriles is 1. The summed E-state index contributed by atoms with van der Waals surface area (Å²) in [6, 6.07) is 6.58. The van der Waals surface area contributed by atoms with Crippen LogP contribution in [-0.4, -0.2) is 11.9 Å². The van der Waals surface area contributed by atoms with Crippen molar-refractivity contribution in [3.05, 3.63) is 29.3 Å². The predicted octanol–water partition coefficient (Wildman–Crippen LogP) is 1.15. The molecule has 0 aromatic heterocycles. The minimum atomic E-state index is -0.560. The molecule has 0 bridgehead atoms. The van der Waals surface area contributed by atoms with E-state index in [1.165, 1.54) is 0 Å². The molecule has 1 rings (SSSR count). The van der Waals surface area contributed by atoms with Gasteiger partial charge in [0.2, 0.25) is 5.91 Å². The number of carbonyl (C=O) groups excluding carboxylic acids is 1. The number of nitrogens with two attached hydrogens (primary N) is 1. The number of aryl methyl sites for hydroxylation is 1. The summed E-state index contributed by atoms with van der Waals surface area (Å²) < 4.78 is 0. The SMILES string of the molecule is Cc1ccc(C#N)cc1NC(=O)C(C)N. The zero-order valence-electron chi connectivity index (χ0n) is 8.74. The topological polar surface area (TPSA) is 78.9 Å². The average Bonchev–Trinajstić information content (AvgIpc) is 2.21. The Kier molecular flexibility index (Phi) is 3.42. The third kappa shape index (κ3) is 2.79. The first-order chi connectivity index (χ1) is 7.04. The number of rotatable bonds is 2. The van der Waals surface area contributed by atoms with Crippen molar-refractivity contribution in [2.24, 2.45) is 5.73 Å². The number of benzene rings is 1. The summed E-state index contributed by atoms with van der Waals surface area (Å²) in [5.74, 6) is -0.256. The van der Waals surface area contributed by atoms with Crippen molar-refractivity contribution in [3.8, 4) is 6.07 Å². The normalized spacial score (nSPS) is 11.6. The third-order valence-electron chi connectivity index (χ3n) is 2.04. The first-order valence-corrected chi connectivity index (χ1v) is 4.62. The molecular weight excluding hydrogens is 190 g/mol. The van der Waals surface area contributed by atoms with E-state index in [4.69, 9.17) is 11.0 Å². The zero-order chi connectivity index (χ0) is 11.4. The van der Waals surface area contributed by atoms with Crippen LogP contribution >= 0.6 is 0 Å². The van der Waals surface area contributed by atoms with Gasteiger partial charge in [0.15, 0.2) is 0 Å². The predicted molar refractivity (Wildman–Crippen MR) is 58.2 cm³/mol. The second-order valence-electron chi connectivity index (χ2n) is 3.42. The number of carbonyl (C=O) groups is 1. The summed E-state index contributed by atoms with van der Waals surface area (Å²) in [7, 11) is 0. The van der Waals surface area contributed by atoms with Crippen molar-refractivity contribution in [2.75, 3.05) is 5.32 Å². The molecule has 0 aliphatic heterocycles. The van der Waals surface area contributed by atoms with Crippen LogP contribution < -0.4 is 11.1 Å². The van der Waals surface area contributed by atoms with Gasteiger partial charge in [-0.25, -0.2) is 0 Å². The lowest BCUT2D eigenvalue weighted by Crippen LogP contribution is -2.32. The van der Waals surface area contributed by atoms with Crippen LogP contribution in [0.15, 0.2) is 18.2 Å². The number of hydrogen-bond donors (Lipinski definition) is 2. The van der Waals surface area contributed by atoms with Gasteiger partial charge in [0.25, 0.3) is 0 Å². The number of nitrogens with one attached hydrogen (secondary N) is 1. The summed E-state index contributed by atoms with van der Waals surface area (Å²) in [4.78, 5) is 11.3. The van der Waals surface area contributed by atoms with E-state index in [1.807, 2.05) is 13.0 Å². The van der Waals surface area contributed by atoms with Gasteiger partial charge in [0, 0.05) is 5.69 Å². The number of hydrogen-bond acceptors (Lipinski definition) is 3. The Morgan fingerprint density at radius 1 is 1.60 bits per heavy atom. The van der Waals surface area contributed by atoms with Crippen molar-refractivity contribution in [1.29, 1.82) is 5.26 Å². The zero-order valence-corrected chi connectivity index (χ0v) is 8.74. The van der Waals surface area contributed by atoms with E-state index < -0.39 is 6.04 Å². The van der Waals surface area contributed by atoms with Crippen LogP contribution in [-0.2, 0) is 4.79 Å². The molecule has 1 atom stereocenters. The standard InChI is InChI=1S/C11H13N3O/c1-7-3-4-9(6-12)5-10(7)14-11(15)8(2)13/h3-5,8H,13H2,1-2H3,(H,14,15). The lowest BCUT2D eigenvalue weighted by molar-refractivity contribution is -0.117. The smallest absolute Gasteiger partial charge is 0.241 e. The first-order valence-electron chi connectivity index (χ1n) is 4.62. The van der Waals surface area contributed by atoms with E-state index in [0.29, 0.717) is 11.3 Å². The number of anilines is 1. The van der Waals surface area contributed by atoms with Gasteiger partial charge >= 0.3 is 0 Å². The Labute approximate surface area is 88.7 Å². The summed E-state index contributed by atoms with van der Waals surface area (Å²) in [6.07, 6.45) is 0. The highest BCUT2D eigenvalue weighted by atomic mass is 16.2. The highest BCUT2D eigenvalue weighted by Gasteiger charge is 2.09. The highest BCUT2D eigenvalue weighted by Crippen LogP contribution is 2.16. The van der Waals surface area contributed by atoms with Crippen molar-refractivity contribution in [3.63, 3.8) is 0 Å². The van der Waals surface area contributed by atoms with E-state index in [1.54, 1.807) is 25.1 Å². The van der Waals surface area contributed by atoms with Crippen molar-refractivity contribution in [2.45, 2.75) is 19.9 Å². The monoisotopic (exact) mass is 203 g/mol. The molecule has 4 nitrogen and oxygen atoms in total. The first kappa shape index (κ1) is 11.2. The van der Waals surface area contributed by atoms with E-state index in [9.17, 15) is 4.79 Å². The van der Waals surface area contributed by atoms with Gasteiger partial charge in [-0.2, -0.15) is 5.26 Å². The third-order valence-corrected chi connectivity index (χ3v) is 2.04. The van der Waals surface area contributed by atoms with Gasteiger partial charge in [-0.3, -0.25) is 4.79 Å². The van der Waals surface area contributed by atoms with Gasteiger partial charge in [0.1, 0.15) is 0 Å². The summed E-state index contributed by atoms with van der Waals surface area (Å²) in [6.45, 7) is 3.47. The summed E-state index contributed by atoms with van der Waals surface area (Å²) in [5.41, 5.74) is 7.48. The number of amides is 1. The molecule has 1 amide bonds. The van der Waals surface area contributed by atoms with Crippen LogP contribution in [0, 0.1) is 18.3 Å². The molecule has 0 heterocycles. The van der Waals surface area contributed by atoms with Crippen LogP contribution in [0.3, 0.4) is 0 Å². The summed E-state index contributed by atoms with van der Waals surface area (Å²) >= 11 is 0. The molecule has 0 spiro atoms. The fourth-order valence-electron chi connectivity index (χ4n) is 1.07. The maximum absolute atomic E-state index is 11.3. The van der Waals surface area contributed by atoms with E-state index in [2.05, 4.69) is 5.32 Å². The van der Waals surface area contributed by atoms with Crippen molar-refractivity contribution >= 4 is 11.6 Å². The molecular formula is C11H13N3O. The largest absolute Gasteiger partial charge is 0.324 e. The van der Waals surface area contributed by atoms with Crippen LogP contribution in [0.2, 0.25) is 0 Å². The molecule has 0 aliphatic rings. The Hall–Kier alpha value is -1.86. The van der Waals surface area contributed by atoms with Crippen molar-refractivity contribution in [1.82, 2.24) is 0 Å². The van der Waals surface area contributed by atoms with Crippen molar-refractivity contribution < 1.29 is 4.79 Å². The fourth-order valence-corrected chi connectivity index (χ4v) is 1.07. The molecule has 1 aromatic carbocycles. The van der Waals surface area contributed by atoms with Gasteiger partial charge in [-0.1, -0.05) is 6.07 Å². The van der Waals surface area contributed by atoms with E-state index in [0.717, 1.165) is 5.56 Å². The lowest BCUT2D eigenvalue weighted by Gasteiger charge is -2.10. The molecule has 4 heteroatoms. The molecule has 0 aliphatic carbocycles. The van der Waals surface area contributed by atoms with Crippen LogP contribution in [0.4, 0.5) is 5.69 Å². The molecule has 15 heavy (non-hydrogen) atoms. The quantitative estimate of drug-likeness (QED) is 0.756. The van der Waals surface area contributed by atoms with Gasteiger partial charge in [-0.05, 0) is 31.5 Å². The maximum atomic E-state index is 11.3. The Morgan fingerprint density at radius 3 is 2.80 bits per heavy atom. The van der Waals surface area contributed by atoms with E-state index >= 15 is 0 Å². The minimum Gasteiger partial charge on any atom is -0.324 e.